The summed E-state index contributed by atoms with van der Waals surface area (Å²) in [7, 11) is -1.08. The van der Waals surface area contributed by atoms with Gasteiger partial charge in [-0.05, 0) is 42.8 Å². The van der Waals surface area contributed by atoms with Crippen LogP contribution in [0.1, 0.15) is 10.4 Å². The zero-order valence-electron chi connectivity index (χ0n) is 20.1. The normalized spacial score (nSPS) is 11.5. The molecule has 0 aliphatic carbocycles. The molecule has 0 bridgehead atoms. The fourth-order valence-electron chi connectivity index (χ4n) is 3.59. The first-order valence-electron chi connectivity index (χ1n) is 11.0. The number of hydrogen-bond acceptors (Lipinski definition) is 9. The van der Waals surface area contributed by atoms with Gasteiger partial charge in [-0.25, -0.2) is 13.1 Å². The van der Waals surface area contributed by atoms with Crippen molar-refractivity contribution in [3.63, 3.8) is 0 Å². The van der Waals surface area contributed by atoms with Crippen LogP contribution in [0.5, 0.6) is 11.5 Å². The van der Waals surface area contributed by atoms with Crippen molar-refractivity contribution in [2.45, 2.75) is 4.90 Å². The van der Waals surface area contributed by atoms with E-state index in [0.29, 0.717) is 10.8 Å². The molecule has 0 radical (unpaired) electrons. The second-order valence-corrected chi connectivity index (χ2v) is 9.73. The minimum absolute atomic E-state index is 0.00549. The number of ether oxygens (including phenoxy) is 1. The molecule has 194 valence electrons. The van der Waals surface area contributed by atoms with E-state index in [1.165, 1.54) is 62.7 Å². The number of phenols is 1. The van der Waals surface area contributed by atoms with Gasteiger partial charge < -0.3 is 15.2 Å². The Morgan fingerprint density at radius 2 is 1.74 bits per heavy atom. The first kappa shape index (κ1) is 26.2. The standard InChI is InChI=1S/C25H21N5O7S/c1-26-38(35,36)18-11-12-21(22(14-18)37-2)28-29-23-19-6-4-3-5-15(19)13-20(24(23)31)25(32)27-16-7-9-17(10-8-16)30(33)34/h3-14,26,31H,1-2H3,(H,27,32)/b29-28+. The first-order chi connectivity index (χ1) is 18.1. The van der Waals surface area contributed by atoms with Crippen LogP contribution >= 0.6 is 0 Å². The number of aromatic hydroxyl groups is 1. The number of hydrogen-bond donors (Lipinski definition) is 3. The van der Waals surface area contributed by atoms with Crippen molar-refractivity contribution < 1.29 is 28.0 Å². The highest BCUT2D eigenvalue weighted by atomic mass is 32.2. The molecule has 0 aliphatic rings. The molecule has 0 aromatic heterocycles. The third-order valence-electron chi connectivity index (χ3n) is 5.56. The topological polar surface area (TPSA) is 173 Å². The molecule has 3 N–H and O–H groups in total. The van der Waals surface area contributed by atoms with Crippen LogP contribution in [0.2, 0.25) is 0 Å². The molecule has 0 unspecified atom stereocenters. The molecule has 0 heterocycles. The fourth-order valence-corrected chi connectivity index (χ4v) is 4.33. The van der Waals surface area contributed by atoms with Gasteiger partial charge in [0.2, 0.25) is 10.0 Å². The van der Waals surface area contributed by atoms with Crippen LogP contribution in [0.3, 0.4) is 0 Å². The Bertz CT molecular complexity index is 1690. The third kappa shape index (κ3) is 5.28. The number of sulfonamides is 1. The van der Waals surface area contributed by atoms with Gasteiger partial charge in [-0.15, -0.1) is 10.2 Å². The second-order valence-electron chi connectivity index (χ2n) is 7.84. The van der Waals surface area contributed by atoms with Crippen molar-refractivity contribution in [2.24, 2.45) is 10.2 Å². The molecule has 38 heavy (non-hydrogen) atoms. The van der Waals surface area contributed by atoms with Crippen LogP contribution < -0.4 is 14.8 Å². The summed E-state index contributed by atoms with van der Waals surface area (Å²) in [5.41, 5.74) is 0.250. The van der Waals surface area contributed by atoms with Gasteiger partial charge in [0.15, 0.2) is 5.75 Å². The van der Waals surface area contributed by atoms with Crippen molar-refractivity contribution in [3.05, 3.63) is 88.5 Å². The fraction of sp³-hybridized carbons (Fsp3) is 0.0800. The van der Waals surface area contributed by atoms with Crippen LogP contribution in [-0.2, 0) is 10.0 Å². The molecular formula is C25H21N5O7S. The smallest absolute Gasteiger partial charge is 0.269 e. The molecule has 1 amide bonds. The van der Waals surface area contributed by atoms with Gasteiger partial charge in [0.05, 0.1) is 22.5 Å². The summed E-state index contributed by atoms with van der Waals surface area (Å²) in [6.45, 7) is 0. The van der Waals surface area contributed by atoms with Crippen LogP contribution in [0, 0.1) is 10.1 Å². The van der Waals surface area contributed by atoms with Crippen molar-refractivity contribution in [2.75, 3.05) is 19.5 Å². The molecule has 0 spiro atoms. The van der Waals surface area contributed by atoms with Gasteiger partial charge in [0.25, 0.3) is 11.6 Å². The van der Waals surface area contributed by atoms with E-state index in [0.717, 1.165) is 0 Å². The number of nitro groups is 1. The summed E-state index contributed by atoms with van der Waals surface area (Å²) in [5, 5.41) is 33.9. The Labute approximate surface area is 216 Å². The highest BCUT2D eigenvalue weighted by Gasteiger charge is 2.20. The molecule has 0 atom stereocenters. The van der Waals surface area contributed by atoms with Crippen LogP contribution in [0.4, 0.5) is 22.7 Å². The Hall–Kier alpha value is -4.88. The molecule has 4 rings (SSSR count). The van der Waals surface area contributed by atoms with Gasteiger partial charge in [-0.1, -0.05) is 24.3 Å². The number of carbonyl (C=O) groups excluding carboxylic acids is 1. The van der Waals surface area contributed by atoms with E-state index in [1.807, 2.05) is 0 Å². The molecule has 0 fully saturated rings. The van der Waals surface area contributed by atoms with Crippen molar-refractivity contribution >= 4 is 49.5 Å². The number of non-ortho nitro benzene ring substituents is 1. The van der Waals surface area contributed by atoms with Gasteiger partial charge in [0, 0.05) is 29.3 Å². The van der Waals surface area contributed by atoms with Gasteiger partial charge in [-0.2, -0.15) is 0 Å². The van der Waals surface area contributed by atoms with Crippen LogP contribution in [0.25, 0.3) is 10.8 Å². The van der Waals surface area contributed by atoms with Crippen molar-refractivity contribution in [1.82, 2.24) is 4.72 Å². The summed E-state index contributed by atoms with van der Waals surface area (Å²) in [6.07, 6.45) is 0. The van der Waals surface area contributed by atoms with E-state index >= 15 is 0 Å². The van der Waals surface area contributed by atoms with Crippen LogP contribution in [-0.4, -0.2) is 38.5 Å². The Kier molecular flexibility index (Phi) is 7.32. The number of rotatable bonds is 8. The minimum Gasteiger partial charge on any atom is -0.505 e. The lowest BCUT2D eigenvalue weighted by molar-refractivity contribution is -0.384. The summed E-state index contributed by atoms with van der Waals surface area (Å²) in [4.78, 5) is 23.3. The number of nitrogens with zero attached hydrogens (tertiary/aromatic N) is 3. The maximum absolute atomic E-state index is 13.0. The van der Waals surface area contributed by atoms with E-state index in [2.05, 4.69) is 20.3 Å². The monoisotopic (exact) mass is 535 g/mol. The third-order valence-corrected chi connectivity index (χ3v) is 6.98. The Balaban J connectivity index is 1.74. The molecule has 4 aromatic carbocycles. The number of carbonyl (C=O) groups is 1. The number of methoxy groups -OCH3 is 1. The van der Waals surface area contributed by atoms with E-state index < -0.39 is 26.6 Å². The zero-order valence-corrected chi connectivity index (χ0v) is 20.9. The maximum atomic E-state index is 13.0. The highest BCUT2D eigenvalue weighted by Crippen LogP contribution is 2.40. The quantitative estimate of drug-likeness (QED) is 0.161. The second kappa shape index (κ2) is 10.6. The molecule has 0 saturated carbocycles. The summed E-state index contributed by atoms with van der Waals surface area (Å²) in [5.74, 6) is -0.987. The lowest BCUT2D eigenvalue weighted by Gasteiger charge is -2.11. The average Bonchev–Trinajstić information content (AvgIpc) is 2.92. The lowest BCUT2D eigenvalue weighted by atomic mass is 10.0. The SMILES string of the molecule is CNS(=O)(=O)c1ccc(/N=N/c2c(O)c(C(=O)Nc3ccc([N+](=O)[O-])cc3)cc3ccccc23)c(OC)c1. The maximum Gasteiger partial charge on any atom is 0.269 e. The van der Waals surface area contributed by atoms with E-state index in [-0.39, 0.29) is 39.0 Å². The van der Waals surface area contributed by atoms with Crippen LogP contribution in [0.15, 0.2) is 87.9 Å². The Morgan fingerprint density at radius 1 is 1.03 bits per heavy atom. The van der Waals surface area contributed by atoms with Gasteiger partial charge >= 0.3 is 0 Å². The summed E-state index contributed by atoms with van der Waals surface area (Å²) < 4.78 is 31.7. The predicted molar refractivity (Wildman–Crippen MR) is 140 cm³/mol. The molecular weight excluding hydrogens is 514 g/mol. The minimum atomic E-state index is -3.72. The molecule has 13 heteroatoms. The average molecular weight is 536 g/mol. The predicted octanol–water partition coefficient (Wildman–Crippen LogP) is 5.04. The first-order valence-corrected chi connectivity index (χ1v) is 12.5. The Morgan fingerprint density at radius 3 is 2.39 bits per heavy atom. The van der Waals surface area contributed by atoms with E-state index in [9.17, 15) is 28.4 Å². The van der Waals surface area contributed by atoms with Gasteiger partial charge in [0.1, 0.15) is 17.1 Å². The zero-order chi connectivity index (χ0) is 27.4. The van der Waals surface area contributed by atoms with Crippen molar-refractivity contribution in [3.8, 4) is 11.5 Å². The number of nitrogens with one attached hydrogen (secondary N) is 2. The van der Waals surface area contributed by atoms with E-state index in [4.69, 9.17) is 4.74 Å². The lowest BCUT2D eigenvalue weighted by Crippen LogP contribution is -2.18. The molecule has 4 aromatic rings. The summed E-state index contributed by atoms with van der Waals surface area (Å²) in [6, 6.07) is 17.7. The van der Waals surface area contributed by atoms with Crippen molar-refractivity contribution in [1.29, 1.82) is 0 Å². The molecule has 0 aliphatic heterocycles. The van der Waals surface area contributed by atoms with Gasteiger partial charge in [-0.3, -0.25) is 14.9 Å². The number of anilines is 1. The molecule has 0 saturated heterocycles. The number of fused-ring (bicyclic) bond motifs is 1. The van der Waals surface area contributed by atoms with E-state index in [1.54, 1.807) is 24.3 Å². The molecule has 12 nitrogen and oxygen atoms in total. The summed E-state index contributed by atoms with van der Waals surface area (Å²) >= 11 is 0. The number of azo groups is 1. The number of phenolic OH excluding ortho intramolecular Hbond substituents is 1. The number of nitro benzene ring substituents is 1. The number of benzene rings is 4. The number of amides is 1. The largest absolute Gasteiger partial charge is 0.505 e. The highest BCUT2D eigenvalue weighted by molar-refractivity contribution is 7.89.